The fourth-order valence-electron chi connectivity index (χ4n) is 4.35. The minimum atomic E-state index is -3.80. The molecule has 0 radical (unpaired) electrons. The fourth-order valence-corrected chi connectivity index (χ4v) is 5.42. The largest absolute Gasteiger partial charge is 0.495 e. The number of nitrogens with one attached hydrogen (secondary N) is 1. The molecule has 7 nitrogen and oxygen atoms in total. The van der Waals surface area contributed by atoms with Crippen molar-refractivity contribution < 1.29 is 17.9 Å². The van der Waals surface area contributed by atoms with Crippen LogP contribution in [0.5, 0.6) is 5.75 Å². The van der Waals surface area contributed by atoms with E-state index in [-0.39, 0.29) is 16.8 Å². The molecule has 1 heterocycles. The van der Waals surface area contributed by atoms with Gasteiger partial charge in [0.25, 0.3) is 15.9 Å². The van der Waals surface area contributed by atoms with Crippen molar-refractivity contribution in [2.75, 3.05) is 31.5 Å². The molecule has 4 rings (SSSR count). The number of hydrogen-bond donors (Lipinski definition) is 1. The van der Waals surface area contributed by atoms with Gasteiger partial charge in [0.15, 0.2) is 0 Å². The monoisotopic (exact) mass is 457 g/mol. The molecule has 8 heteroatoms. The number of amides is 1. The lowest BCUT2D eigenvalue weighted by Gasteiger charge is -2.38. The van der Waals surface area contributed by atoms with E-state index in [1.807, 2.05) is 0 Å². The number of likely N-dealkylation sites (tertiary alicyclic amines) is 1. The van der Waals surface area contributed by atoms with Crippen molar-refractivity contribution in [2.24, 2.45) is 0 Å². The van der Waals surface area contributed by atoms with Gasteiger partial charge in [0.05, 0.1) is 17.7 Å². The van der Waals surface area contributed by atoms with Gasteiger partial charge >= 0.3 is 0 Å². The Kier molecular flexibility index (Phi) is 6.71. The predicted octanol–water partition coefficient (Wildman–Crippen LogP) is 3.58. The number of rotatable bonds is 8. The molecule has 1 amide bonds. The smallest absolute Gasteiger partial charge is 0.262 e. The zero-order chi connectivity index (χ0) is 22.7. The van der Waals surface area contributed by atoms with Gasteiger partial charge in [-0.15, -0.1) is 0 Å². The van der Waals surface area contributed by atoms with Gasteiger partial charge in [-0.1, -0.05) is 19.1 Å². The molecule has 0 spiro atoms. The van der Waals surface area contributed by atoms with Crippen LogP contribution >= 0.6 is 0 Å². The number of nitrogens with zero attached hydrogens (tertiary/aromatic N) is 2. The highest BCUT2D eigenvalue weighted by Crippen LogP contribution is 2.33. The summed E-state index contributed by atoms with van der Waals surface area (Å²) in [5.74, 6) is 0.446. The van der Waals surface area contributed by atoms with Crippen LogP contribution in [0.4, 0.5) is 5.69 Å². The molecular weight excluding hydrogens is 426 g/mol. The van der Waals surface area contributed by atoms with Gasteiger partial charge in [-0.3, -0.25) is 9.52 Å². The molecular formula is C24H31N3O4S. The number of anilines is 1. The number of methoxy groups -OCH3 is 1. The summed E-state index contributed by atoms with van der Waals surface area (Å²) < 4.78 is 33.5. The third kappa shape index (κ3) is 4.91. The Hall–Kier alpha value is -2.58. The molecule has 2 fully saturated rings. The summed E-state index contributed by atoms with van der Waals surface area (Å²) in [7, 11) is -2.31. The summed E-state index contributed by atoms with van der Waals surface area (Å²) in [5, 5.41) is 0. The van der Waals surface area contributed by atoms with Crippen LogP contribution in [-0.2, 0) is 10.0 Å². The highest BCUT2D eigenvalue weighted by atomic mass is 32.2. The molecule has 0 unspecified atom stereocenters. The van der Waals surface area contributed by atoms with Gasteiger partial charge < -0.3 is 14.5 Å². The summed E-state index contributed by atoms with van der Waals surface area (Å²) in [6.07, 6.45) is 4.08. The van der Waals surface area contributed by atoms with Crippen LogP contribution in [-0.4, -0.2) is 63.0 Å². The highest BCUT2D eigenvalue weighted by Gasteiger charge is 2.38. The van der Waals surface area contributed by atoms with Crippen molar-refractivity contribution in [1.82, 2.24) is 9.80 Å². The first-order valence-corrected chi connectivity index (χ1v) is 12.7. The maximum absolute atomic E-state index is 13.3. The number of ether oxygens (including phenoxy) is 1. The third-order valence-corrected chi connectivity index (χ3v) is 7.72. The summed E-state index contributed by atoms with van der Waals surface area (Å²) in [4.78, 5) is 17.9. The second-order valence-electron chi connectivity index (χ2n) is 8.44. The van der Waals surface area contributed by atoms with Crippen molar-refractivity contribution in [3.8, 4) is 5.75 Å². The average Bonchev–Trinajstić information content (AvgIpc) is 3.65. The number of para-hydroxylation sites is 2. The average molecular weight is 458 g/mol. The molecule has 2 aromatic rings. The number of benzene rings is 2. The Morgan fingerprint density at radius 2 is 1.66 bits per heavy atom. The minimum Gasteiger partial charge on any atom is -0.495 e. The summed E-state index contributed by atoms with van der Waals surface area (Å²) in [5.41, 5.74) is 0.902. The van der Waals surface area contributed by atoms with Gasteiger partial charge in [0, 0.05) is 30.7 Å². The summed E-state index contributed by atoms with van der Waals surface area (Å²) >= 11 is 0. The molecule has 172 valence electrons. The van der Waals surface area contributed by atoms with Crippen molar-refractivity contribution in [1.29, 1.82) is 0 Å². The summed E-state index contributed by atoms with van der Waals surface area (Å²) in [6.45, 7) is 5.25. The van der Waals surface area contributed by atoms with Crippen molar-refractivity contribution in [3.05, 3.63) is 54.1 Å². The molecule has 1 saturated carbocycles. The zero-order valence-corrected chi connectivity index (χ0v) is 19.5. The van der Waals surface area contributed by atoms with Gasteiger partial charge in [-0.05, 0) is 68.6 Å². The van der Waals surface area contributed by atoms with Gasteiger partial charge in [0.1, 0.15) is 5.75 Å². The van der Waals surface area contributed by atoms with E-state index >= 15 is 0 Å². The standard InChI is InChI=1S/C24H31N3O4S/c1-3-26-16-14-20(15-17-26)27(19-10-11-19)24(28)18-8-12-21(13-9-18)32(29,30)25-22-6-4-5-7-23(22)31-2/h4-9,12-13,19-20,25H,3,10-11,14-17H2,1-2H3. The maximum atomic E-state index is 13.3. The zero-order valence-electron chi connectivity index (χ0n) is 18.7. The molecule has 32 heavy (non-hydrogen) atoms. The first-order chi connectivity index (χ1) is 15.4. The van der Waals surface area contributed by atoms with Crippen LogP contribution in [0.15, 0.2) is 53.4 Å². The second-order valence-corrected chi connectivity index (χ2v) is 10.1. The Labute approximate surface area is 190 Å². The third-order valence-electron chi connectivity index (χ3n) is 6.34. The molecule has 0 bridgehead atoms. The predicted molar refractivity (Wildman–Crippen MR) is 125 cm³/mol. The number of sulfonamides is 1. The normalized spacial score (nSPS) is 17.7. The molecule has 0 atom stereocenters. The van der Waals surface area contributed by atoms with E-state index in [1.54, 1.807) is 36.4 Å². The molecule has 1 aliphatic carbocycles. The van der Waals surface area contributed by atoms with Gasteiger partial charge in [0.2, 0.25) is 0 Å². The van der Waals surface area contributed by atoms with E-state index < -0.39 is 10.0 Å². The van der Waals surface area contributed by atoms with Crippen LogP contribution in [0.25, 0.3) is 0 Å². The quantitative estimate of drug-likeness (QED) is 0.655. The maximum Gasteiger partial charge on any atom is 0.262 e. The lowest BCUT2D eigenvalue weighted by atomic mass is 10.0. The SMILES string of the molecule is CCN1CCC(N(C(=O)c2ccc(S(=O)(=O)Nc3ccccc3OC)cc2)C2CC2)CC1. The number of carbonyl (C=O) groups excluding carboxylic acids is 1. The van der Waals surface area contributed by atoms with E-state index in [1.165, 1.54) is 19.2 Å². The molecule has 2 aliphatic rings. The van der Waals surface area contributed by atoms with Crippen LogP contribution < -0.4 is 9.46 Å². The molecule has 1 aliphatic heterocycles. The Bertz CT molecular complexity index is 1040. The van der Waals surface area contributed by atoms with E-state index in [9.17, 15) is 13.2 Å². The van der Waals surface area contributed by atoms with Crippen molar-refractivity contribution in [2.45, 2.75) is 49.6 Å². The first kappa shape index (κ1) is 22.6. The van der Waals surface area contributed by atoms with Crippen molar-refractivity contribution >= 4 is 21.6 Å². The van der Waals surface area contributed by atoms with Crippen LogP contribution in [0.1, 0.15) is 43.0 Å². The van der Waals surface area contributed by atoms with E-state index in [2.05, 4.69) is 21.4 Å². The second kappa shape index (κ2) is 9.50. The summed E-state index contributed by atoms with van der Waals surface area (Å²) in [6, 6.07) is 13.7. The Morgan fingerprint density at radius 1 is 1.03 bits per heavy atom. The number of piperidine rings is 1. The number of hydrogen-bond acceptors (Lipinski definition) is 5. The van der Waals surface area contributed by atoms with Gasteiger partial charge in [-0.2, -0.15) is 0 Å². The Morgan fingerprint density at radius 3 is 2.25 bits per heavy atom. The minimum absolute atomic E-state index is 0.00378. The van der Waals surface area contributed by atoms with E-state index in [4.69, 9.17) is 4.74 Å². The van der Waals surface area contributed by atoms with Crippen molar-refractivity contribution in [3.63, 3.8) is 0 Å². The van der Waals surface area contributed by atoms with Crippen LogP contribution in [0, 0.1) is 0 Å². The molecule has 1 saturated heterocycles. The first-order valence-electron chi connectivity index (χ1n) is 11.2. The van der Waals surface area contributed by atoms with Crippen LogP contribution in [0.2, 0.25) is 0 Å². The molecule has 2 aromatic carbocycles. The lowest BCUT2D eigenvalue weighted by molar-refractivity contribution is 0.0554. The topological polar surface area (TPSA) is 79.0 Å². The molecule has 0 aromatic heterocycles. The molecule has 1 N–H and O–H groups in total. The van der Waals surface area contributed by atoms with E-state index in [0.29, 0.717) is 23.0 Å². The number of carbonyl (C=O) groups is 1. The van der Waals surface area contributed by atoms with Crippen LogP contribution in [0.3, 0.4) is 0 Å². The lowest BCUT2D eigenvalue weighted by Crippen LogP contribution is -2.48. The van der Waals surface area contributed by atoms with Gasteiger partial charge in [-0.25, -0.2) is 8.42 Å². The highest BCUT2D eigenvalue weighted by molar-refractivity contribution is 7.92. The fraction of sp³-hybridized carbons (Fsp3) is 0.458. The van der Waals surface area contributed by atoms with E-state index in [0.717, 1.165) is 45.3 Å². The Balaban J connectivity index is 1.49.